The van der Waals surface area contributed by atoms with E-state index in [0.717, 1.165) is 83.1 Å². The number of hydrogen-bond donors (Lipinski definition) is 1. The molecule has 9 aromatic rings. The van der Waals surface area contributed by atoms with E-state index in [0.29, 0.717) is 5.84 Å². The first-order valence-electron chi connectivity index (χ1n) is 16.8. The average Bonchev–Trinajstić information content (AvgIpc) is 3.77. The number of nitrogens with zero attached hydrogens (tertiary/aromatic N) is 2. The zero-order valence-corrected chi connectivity index (χ0v) is 26.9. The maximum atomic E-state index is 6.68. The number of para-hydroxylation sites is 2. The summed E-state index contributed by atoms with van der Waals surface area (Å²) < 4.78 is 13.0. The summed E-state index contributed by atoms with van der Waals surface area (Å²) in [5.41, 5.74) is 10.7. The quantitative estimate of drug-likeness (QED) is 0.203. The van der Waals surface area contributed by atoms with Gasteiger partial charge in [-0.05, 0) is 41.0 Å². The Balaban J connectivity index is 1.12. The van der Waals surface area contributed by atoms with Crippen molar-refractivity contribution >= 4 is 55.5 Å². The van der Waals surface area contributed by atoms with E-state index in [1.807, 2.05) is 54.6 Å². The zero-order valence-electron chi connectivity index (χ0n) is 26.9. The third kappa shape index (κ3) is 4.71. The van der Waals surface area contributed by atoms with E-state index in [1.165, 1.54) is 5.56 Å². The Labute approximate surface area is 287 Å². The summed E-state index contributed by atoms with van der Waals surface area (Å²) >= 11 is 0. The highest BCUT2D eigenvalue weighted by Gasteiger charge is 2.26. The summed E-state index contributed by atoms with van der Waals surface area (Å²) in [6, 6.07) is 56.2. The second kappa shape index (κ2) is 11.5. The van der Waals surface area contributed by atoms with Crippen LogP contribution in [0, 0.1) is 0 Å². The monoisotopic (exact) mass is 643 g/mol. The van der Waals surface area contributed by atoms with Crippen LogP contribution < -0.4 is 5.32 Å². The van der Waals surface area contributed by atoms with Crippen LogP contribution in [0.2, 0.25) is 0 Å². The highest BCUT2D eigenvalue weighted by atomic mass is 16.3. The fourth-order valence-electron chi connectivity index (χ4n) is 7.13. The van der Waals surface area contributed by atoms with E-state index in [-0.39, 0.29) is 0 Å². The minimum Gasteiger partial charge on any atom is -0.456 e. The maximum Gasteiger partial charge on any atom is 0.159 e. The number of hydrogen-bond acceptors (Lipinski definition) is 5. The largest absolute Gasteiger partial charge is 0.456 e. The molecule has 0 amide bonds. The molecule has 1 atom stereocenters. The first-order valence-corrected chi connectivity index (χ1v) is 16.8. The molecule has 0 spiro atoms. The second-order valence-corrected chi connectivity index (χ2v) is 12.6. The molecule has 0 bridgehead atoms. The maximum absolute atomic E-state index is 6.68. The Morgan fingerprint density at radius 2 is 1.06 bits per heavy atom. The van der Waals surface area contributed by atoms with Gasteiger partial charge in [-0.15, -0.1) is 0 Å². The van der Waals surface area contributed by atoms with Crippen LogP contribution >= 0.6 is 0 Å². The molecule has 2 aromatic heterocycles. The number of benzene rings is 7. The van der Waals surface area contributed by atoms with Crippen molar-refractivity contribution in [2.45, 2.75) is 6.17 Å². The van der Waals surface area contributed by atoms with Crippen LogP contribution in [0.15, 0.2) is 183 Å². The molecule has 5 nitrogen and oxygen atoms in total. The highest BCUT2D eigenvalue weighted by Crippen LogP contribution is 2.42. The van der Waals surface area contributed by atoms with Crippen molar-refractivity contribution in [3.8, 4) is 22.3 Å². The summed E-state index contributed by atoms with van der Waals surface area (Å²) in [5, 5.41) is 7.97. The summed E-state index contributed by atoms with van der Waals surface area (Å²) in [6.45, 7) is 0. The van der Waals surface area contributed by atoms with Crippen LogP contribution in [0.3, 0.4) is 0 Å². The van der Waals surface area contributed by atoms with Gasteiger partial charge in [0.25, 0.3) is 0 Å². The number of fused-ring (bicyclic) bond motifs is 6. The minimum atomic E-state index is -0.415. The fourth-order valence-corrected chi connectivity index (χ4v) is 7.13. The fraction of sp³-hybridized carbons (Fsp3) is 0.0222. The lowest BCUT2D eigenvalue weighted by Crippen LogP contribution is -2.33. The van der Waals surface area contributed by atoms with Gasteiger partial charge in [-0.3, -0.25) is 0 Å². The van der Waals surface area contributed by atoms with Gasteiger partial charge < -0.3 is 14.2 Å². The van der Waals surface area contributed by atoms with Crippen molar-refractivity contribution in [1.82, 2.24) is 5.32 Å². The van der Waals surface area contributed by atoms with Crippen molar-refractivity contribution in [3.63, 3.8) is 0 Å². The Kier molecular flexibility index (Phi) is 6.49. The van der Waals surface area contributed by atoms with Crippen LogP contribution in [0.1, 0.15) is 22.9 Å². The molecule has 1 N–H and O–H groups in total. The molecule has 0 aliphatic carbocycles. The molecule has 0 saturated heterocycles. The van der Waals surface area contributed by atoms with Gasteiger partial charge in [0, 0.05) is 43.8 Å². The molecule has 1 aliphatic heterocycles. The standard InChI is InChI=1S/C45H29N3O2/c1-3-11-28(12-4-1)29-19-21-31(22-20-29)44-46-43(30-13-5-2-6-14-30)47-45(48-44)37-26-25-33(42-41(37)36-16-8-10-18-39(36)50-42)32-23-24-35-34-15-7-9-17-38(34)49-40(35)27-32/h1-27,45H,(H,46,47,48). The van der Waals surface area contributed by atoms with Gasteiger partial charge in [-0.2, -0.15) is 0 Å². The number of rotatable bonds is 5. The molecule has 3 heterocycles. The topological polar surface area (TPSA) is 63.0 Å². The molecule has 0 fully saturated rings. The van der Waals surface area contributed by atoms with E-state index >= 15 is 0 Å². The predicted molar refractivity (Wildman–Crippen MR) is 204 cm³/mol. The first kappa shape index (κ1) is 28.3. The Hall–Kier alpha value is -6.72. The third-order valence-electron chi connectivity index (χ3n) is 9.58. The average molecular weight is 644 g/mol. The molecule has 1 unspecified atom stereocenters. The first-order chi connectivity index (χ1) is 24.8. The molecule has 0 saturated carbocycles. The second-order valence-electron chi connectivity index (χ2n) is 12.6. The van der Waals surface area contributed by atoms with E-state index < -0.39 is 6.17 Å². The lowest BCUT2D eigenvalue weighted by atomic mass is 9.96. The number of furan rings is 2. The van der Waals surface area contributed by atoms with Crippen molar-refractivity contribution in [3.05, 3.63) is 180 Å². The van der Waals surface area contributed by atoms with Crippen molar-refractivity contribution < 1.29 is 8.83 Å². The molecular formula is C45H29N3O2. The smallest absolute Gasteiger partial charge is 0.159 e. The van der Waals surface area contributed by atoms with Crippen molar-refractivity contribution in [2.75, 3.05) is 0 Å². The zero-order chi connectivity index (χ0) is 33.0. The summed E-state index contributed by atoms with van der Waals surface area (Å²) in [4.78, 5) is 10.3. The predicted octanol–water partition coefficient (Wildman–Crippen LogP) is 11.3. The van der Waals surface area contributed by atoms with Crippen LogP contribution in [-0.2, 0) is 0 Å². The molecule has 7 aromatic carbocycles. The van der Waals surface area contributed by atoms with Gasteiger partial charge in [-0.25, -0.2) is 9.98 Å². The van der Waals surface area contributed by atoms with Crippen molar-refractivity contribution in [1.29, 1.82) is 0 Å². The number of amidine groups is 2. The number of nitrogens with one attached hydrogen (secondary N) is 1. The summed E-state index contributed by atoms with van der Waals surface area (Å²) in [7, 11) is 0. The van der Waals surface area contributed by atoms with Gasteiger partial charge in [0.15, 0.2) is 5.84 Å². The van der Waals surface area contributed by atoms with E-state index in [9.17, 15) is 0 Å². The lowest BCUT2D eigenvalue weighted by Gasteiger charge is -2.24. The molecule has 10 rings (SSSR count). The summed E-state index contributed by atoms with van der Waals surface area (Å²) in [6.07, 6.45) is -0.415. The minimum absolute atomic E-state index is 0.415. The van der Waals surface area contributed by atoms with Crippen LogP contribution in [0.25, 0.3) is 66.1 Å². The molecule has 1 aliphatic rings. The Morgan fingerprint density at radius 1 is 0.460 bits per heavy atom. The van der Waals surface area contributed by atoms with Gasteiger partial charge in [0.2, 0.25) is 0 Å². The lowest BCUT2D eigenvalue weighted by molar-refractivity contribution is 0.663. The van der Waals surface area contributed by atoms with E-state index in [2.05, 4.69) is 115 Å². The van der Waals surface area contributed by atoms with Crippen molar-refractivity contribution in [2.24, 2.45) is 9.98 Å². The van der Waals surface area contributed by atoms with Gasteiger partial charge in [0.1, 0.15) is 34.3 Å². The Morgan fingerprint density at radius 3 is 1.84 bits per heavy atom. The molecule has 236 valence electrons. The number of aliphatic imine (C=N–C) groups is 2. The van der Waals surface area contributed by atoms with Gasteiger partial charge in [-0.1, -0.05) is 140 Å². The van der Waals surface area contributed by atoms with E-state index in [1.54, 1.807) is 0 Å². The van der Waals surface area contributed by atoms with Crippen LogP contribution in [-0.4, -0.2) is 11.7 Å². The summed E-state index contributed by atoms with van der Waals surface area (Å²) in [5.74, 6) is 1.45. The van der Waals surface area contributed by atoms with E-state index in [4.69, 9.17) is 18.8 Å². The van der Waals surface area contributed by atoms with Gasteiger partial charge >= 0.3 is 0 Å². The van der Waals surface area contributed by atoms with Crippen LogP contribution in [0.4, 0.5) is 0 Å². The normalized spacial score (nSPS) is 14.6. The Bertz CT molecular complexity index is 2770. The molecular weight excluding hydrogens is 615 g/mol. The third-order valence-corrected chi connectivity index (χ3v) is 9.58. The molecule has 5 heteroatoms. The van der Waals surface area contributed by atoms with Gasteiger partial charge in [0.05, 0.1) is 0 Å². The van der Waals surface area contributed by atoms with Crippen LogP contribution in [0.5, 0.6) is 0 Å². The SMILES string of the molecule is c1ccc(C2=NC(c3ccc(-c4ccc5c(c4)oc4ccccc45)c4oc5ccccc5c34)NC(c3ccc(-c4ccccc4)cc3)=N2)cc1. The molecule has 50 heavy (non-hydrogen) atoms. The highest BCUT2D eigenvalue weighted by molar-refractivity contribution is 6.15. The molecule has 0 radical (unpaired) electrons.